The summed E-state index contributed by atoms with van der Waals surface area (Å²) < 4.78 is 6.68. The summed E-state index contributed by atoms with van der Waals surface area (Å²) in [5, 5.41) is 10.8. The van der Waals surface area contributed by atoms with Crippen LogP contribution in [0.4, 0.5) is 5.69 Å². The lowest BCUT2D eigenvalue weighted by molar-refractivity contribution is -0.385. The minimum absolute atomic E-state index is 0.0232. The van der Waals surface area contributed by atoms with Gasteiger partial charge in [-0.1, -0.05) is 12.1 Å². The largest absolute Gasteiger partial charge is 0.487 e. The Balaban J connectivity index is 2.13. The normalized spacial score (nSPS) is 10.2. The third-order valence-corrected chi connectivity index (χ3v) is 3.73. The lowest BCUT2D eigenvalue weighted by Crippen LogP contribution is -1.99. The minimum atomic E-state index is -0.436. The van der Waals surface area contributed by atoms with Gasteiger partial charge in [0.2, 0.25) is 0 Å². The summed E-state index contributed by atoms with van der Waals surface area (Å²) in [6, 6.07) is 8.36. The first-order valence-electron chi connectivity index (χ1n) is 5.24. The number of nitrogens with zero attached hydrogens (tertiary/aromatic N) is 2. The van der Waals surface area contributed by atoms with Crippen LogP contribution in [0.25, 0.3) is 0 Å². The highest BCUT2D eigenvalue weighted by molar-refractivity contribution is 9.10. The van der Waals surface area contributed by atoms with Crippen LogP contribution in [0.1, 0.15) is 5.56 Å². The second-order valence-electron chi connectivity index (χ2n) is 3.61. The van der Waals surface area contributed by atoms with Gasteiger partial charge in [0, 0.05) is 11.6 Å². The van der Waals surface area contributed by atoms with Gasteiger partial charge in [0.15, 0.2) is 0 Å². The molecule has 0 spiro atoms. The van der Waals surface area contributed by atoms with Gasteiger partial charge in [-0.3, -0.25) is 10.1 Å². The quantitative estimate of drug-likeness (QED) is 0.450. The van der Waals surface area contributed by atoms with Crippen molar-refractivity contribution in [2.45, 2.75) is 6.61 Å². The van der Waals surface area contributed by atoms with Gasteiger partial charge in [-0.05, 0) is 44.0 Å². The number of aromatic nitrogens is 1. The Labute approximate surface area is 126 Å². The maximum absolute atomic E-state index is 10.8. The van der Waals surface area contributed by atoms with E-state index in [1.54, 1.807) is 30.5 Å². The molecule has 0 atom stereocenters. The molecule has 7 heteroatoms. The van der Waals surface area contributed by atoms with Gasteiger partial charge >= 0.3 is 0 Å². The van der Waals surface area contributed by atoms with E-state index in [-0.39, 0.29) is 12.3 Å². The molecule has 98 valence electrons. The SMILES string of the molecule is O=[N+]([O-])c1cccc(COc2ccc(Br)nc2)c1Br. The molecule has 2 rings (SSSR count). The summed E-state index contributed by atoms with van der Waals surface area (Å²) in [6.07, 6.45) is 1.58. The first kappa shape index (κ1) is 14.0. The van der Waals surface area contributed by atoms with Crippen LogP contribution >= 0.6 is 31.9 Å². The highest BCUT2D eigenvalue weighted by Crippen LogP contribution is 2.29. The van der Waals surface area contributed by atoms with E-state index in [9.17, 15) is 10.1 Å². The Hall–Kier alpha value is -1.47. The van der Waals surface area contributed by atoms with Crippen LogP contribution < -0.4 is 4.74 Å². The standard InChI is InChI=1S/C12H8Br2N2O3/c13-11-5-4-9(6-15-11)19-7-8-2-1-3-10(12(8)14)16(17)18/h1-6H,7H2. The first-order valence-corrected chi connectivity index (χ1v) is 6.82. The molecule has 0 aliphatic carbocycles. The van der Waals surface area contributed by atoms with E-state index in [2.05, 4.69) is 36.8 Å². The predicted octanol–water partition coefficient (Wildman–Crippen LogP) is 4.09. The van der Waals surface area contributed by atoms with Crippen LogP contribution in [0.15, 0.2) is 45.6 Å². The Morgan fingerprint density at radius 2 is 2.05 bits per heavy atom. The fourth-order valence-corrected chi connectivity index (χ4v) is 2.19. The van der Waals surface area contributed by atoms with Crippen molar-refractivity contribution in [2.75, 3.05) is 0 Å². The van der Waals surface area contributed by atoms with E-state index in [1.165, 1.54) is 6.07 Å². The smallest absolute Gasteiger partial charge is 0.283 e. The van der Waals surface area contributed by atoms with Gasteiger partial charge in [-0.2, -0.15) is 0 Å². The van der Waals surface area contributed by atoms with Crippen LogP contribution in [-0.4, -0.2) is 9.91 Å². The maximum atomic E-state index is 10.8. The van der Waals surface area contributed by atoms with Crippen molar-refractivity contribution in [1.29, 1.82) is 0 Å². The Bertz CT molecular complexity index is 602. The molecule has 0 radical (unpaired) electrons. The fraction of sp³-hybridized carbons (Fsp3) is 0.0833. The number of hydrogen-bond donors (Lipinski definition) is 0. The molecule has 1 heterocycles. The van der Waals surface area contributed by atoms with Crippen molar-refractivity contribution in [3.63, 3.8) is 0 Å². The molecule has 1 aromatic heterocycles. The minimum Gasteiger partial charge on any atom is -0.487 e. The summed E-state index contributed by atoms with van der Waals surface area (Å²) in [5.41, 5.74) is 0.729. The summed E-state index contributed by atoms with van der Waals surface area (Å²) >= 11 is 6.45. The van der Waals surface area contributed by atoms with Crippen LogP contribution in [0.2, 0.25) is 0 Å². The van der Waals surface area contributed by atoms with Crippen LogP contribution in [0.5, 0.6) is 5.75 Å². The molecule has 0 unspecified atom stereocenters. The number of halogens is 2. The number of rotatable bonds is 4. The Morgan fingerprint density at radius 1 is 1.26 bits per heavy atom. The number of benzene rings is 1. The van der Waals surface area contributed by atoms with Gasteiger partial charge in [0.05, 0.1) is 11.1 Å². The number of nitro benzene ring substituents is 1. The van der Waals surface area contributed by atoms with Crippen LogP contribution in [0.3, 0.4) is 0 Å². The molecule has 1 aromatic carbocycles. The molecular formula is C12H8Br2N2O3. The molecule has 0 amide bonds. The van der Waals surface area contributed by atoms with Crippen molar-refractivity contribution >= 4 is 37.5 Å². The average molecular weight is 388 g/mol. The van der Waals surface area contributed by atoms with Gasteiger partial charge in [0.25, 0.3) is 5.69 Å². The zero-order chi connectivity index (χ0) is 13.8. The monoisotopic (exact) mass is 386 g/mol. The molecule has 2 aromatic rings. The van der Waals surface area contributed by atoms with E-state index in [0.717, 1.165) is 4.60 Å². The van der Waals surface area contributed by atoms with Crippen molar-refractivity contribution in [3.05, 3.63) is 61.3 Å². The molecule has 19 heavy (non-hydrogen) atoms. The van der Waals surface area contributed by atoms with Gasteiger partial charge < -0.3 is 4.74 Å². The van der Waals surface area contributed by atoms with E-state index < -0.39 is 4.92 Å². The number of hydrogen-bond acceptors (Lipinski definition) is 4. The molecule has 0 saturated carbocycles. The molecule has 0 bridgehead atoms. The maximum Gasteiger partial charge on any atom is 0.283 e. The summed E-state index contributed by atoms with van der Waals surface area (Å²) in [7, 11) is 0. The van der Waals surface area contributed by atoms with Crippen molar-refractivity contribution < 1.29 is 9.66 Å². The molecule has 0 aliphatic heterocycles. The van der Waals surface area contributed by atoms with E-state index in [4.69, 9.17) is 4.74 Å². The molecule has 0 N–H and O–H groups in total. The lowest BCUT2D eigenvalue weighted by Gasteiger charge is -2.07. The summed E-state index contributed by atoms with van der Waals surface area (Å²) in [6.45, 7) is 0.228. The van der Waals surface area contributed by atoms with Gasteiger partial charge in [-0.25, -0.2) is 4.98 Å². The third-order valence-electron chi connectivity index (χ3n) is 2.35. The first-order chi connectivity index (χ1) is 9.08. The zero-order valence-corrected chi connectivity index (χ0v) is 12.7. The predicted molar refractivity (Wildman–Crippen MR) is 77.1 cm³/mol. The molecular weight excluding hydrogens is 380 g/mol. The fourth-order valence-electron chi connectivity index (χ4n) is 1.43. The van der Waals surface area contributed by atoms with Crippen LogP contribution in [0, 0.1) is 10.1 Å². The number of ether oxygens (including phenoxy) is 1. The lowest BCUT2D eigenvalue weighted by atomic mass is 10.2. The molecule has 0 aliphatic rings. The highest BCUT2D eigenvalue weighted by atomic mass is 79.9. The second-order valence-corrected chi connectivity index (χ2v) is 5.22. The number of nitro groups is 1. The van der Waals surface area contributed by atoms with E-state index in [1.807, 2.05) is 0 Å². The van der Waals surface area contributed by atoms with Crippen LogP contribution in [-0.2, 0) is 6.61 Å². The average Bonchev–Trinajstić information content (AvgIpc) is 2.39. The molecule has 5 nitrogen and oxygen atoms in total. The number of pyridine rings is 1. The van der Waals surface area contributed by atoms with E-state index >= 15 is 0 Å². The Kier molecular flexibility index (Phi) is 4.49. The summed E-state index contributed by atoms with van der Waals surface area (Å²) in [4.78, 5) is 14.4. The molecule has 0 fully saturated rings. The molecule has 0 saturated heterocycles. The Morgan fingerprint density at radius 3 is 2.68 bits per heavy atom. The van der Waals surface area contributed by atoms with E-state index in [0.29, 0.717) is 15.8 Å². The van der Waals surface area contributed by atoms with Crippen molar-refractivity contribution in [3.8, 4) is 5.75 Å². The topological polar surface area (TPSA) is 65.3 Å². The van der Waals surface area contributed by atoms with Gasteiger partial charge in [-0.15, -0.1) is 0 Å². The second kappa shape index (κ2) is 6.12. The zero-order valence-electron chi connectivity index (χ0n) is 9.55. The van der Waals surface area contributed by atoms with Gasteiger partial charge in [0.1, 0.15) is 21.4 Å². The van der Waals surface area contributed by atoms with Crippen molar-refractivity contribution in [2.24, 2.45) is 0 Å². The summed E-state index contributed by atoms with van der Waals surface area (Å²) in [5.74, 6) is 0.599. The third kappa shape index (κ3) is 3.51. The highest BCUT2D eigenvalue weighted by Gasteiger charge is 2.14. The van der Waals surface area contributed by atoms with Crippen molar-refractivity contribution in [1.82, 2.24) is 4.98 Å².